The molecule has 1 heterocycles. The van der Waals surface area contributed by atoms with Gasteiger partial charge in [-0.15, -0.1) is 11.3 Å². The van der Waals surface area contributed by atoms with Crippen LogP contribution in [-0.2, 0) is 5.66 Å². The molecular weight excluding hydrogens is 404 g/mol. The molecule has 2 N–H and O–H groups in total. The van der Waals surface area contributed by atoms with Crippen LogP contribution in [-0.4, -0.2) is 4.57 Å². The minimum absolute atomic E-state index is 0.599. The minimum Gasteiger partial charge on any atom is -0.304 e. The second-order valence-corrected chi connectivity index (χ2v) is 10.1. The van der Waals surface area contributed by atoms with Crippen LogP contribution in [0.2, 0.25) is 0 Å². The van der Waals surface area contributed by atoms with E-state index in [2.05, 4.69) is 66.1 Å². The lowest BCUT2D eigenvalue weighted by atomic mass is 9.92. The molecular formula is C26H36N2S2. The first-order valence-electron chi connectivity index (χ1n) is 11.6. The molecule has 0 amide bonds. The molecule has 1 atom stereocenters. The summed E-state index contributed by atoms with van der Waals surface area (Å²) in [5.41, 5.74) is 8.85. The predicted molar refractivity (Wildman–Crippen MR) is 135 cm³/mol. The van der Waals surface area contributed by atoms with Crippen molar-refractivity contribution in [3.8, 4) is 0 Å². The van der Waals surface area contributed by atoms with E-state index in [1.165, 1.54) is 62.5 Å². The first-order chi connectivity index (χ1) is 14.7. The highest BCUT2D eigenvalue weighted by atomic mass is 32.1. The third kappa shape index (κ3) is 5.81. The summed E-state index contributed by atoms with van der Waals surface area (Å²) in [6, 6.07) is 18.9. The maximum atomic E-state index is 7.16. The summed E-state index contributed by atoms with van der Waals surface area (Å²) in [5, 5.41) is 0. The van der Waals surface area contributed by atoms with Gasteiger partial charge < -0.3 is 5.73 Å². The quantitative estimate of drug-likeness (QED) is 0.214. The molecule has 0 aliphatic carbocycles. The Hall–Kier alpha value is -1.49. The number of hydrogen-bond donors (Lipinski definition) is 1. The lowest BCUT2D eigenvalue weighted by molar-refractivity contribution is 0.333. The molecule has 3 aromatic rings. The van der Waals surface area contributed by atoms with Crippen molar-refractivity contribution in [2.24, 2.45) is 5.73 Å². The average Bonchev–Trinajstić information content (AvgIpc) is 3.12. The molecule has 30 heavy (non-hydrogen) atoms. The molecule has 0 radical (unpaired) electrons. The number of fused-ring (bicyclic) bond motifs is 1. The number of aromatic nitrogens is 1. The Morgan fingerprint density at radius 1 is 0.800 bits per heavy atom. The number of thiazole rings is 1. The Morgan fingerprint density at radius 3 is 2.03 bits per heavy atom. The summed E-state index contributed by atoms with van der Waals surface area (Å²) < 4.78 is 4.26. The molecule has 1 aromatic heterocycles. The van der Waals surface area contributed by atoms with E-state index in [9.17, 15) is 0 Å². The van der Waals surface area contributed by atoms with E-state index in [0.717, 1.165) is 27.9 Å². The van der Waals surface area contributed by atoms with E-state index in [-0.39, 0.29) is 0 Å². The highest BCUT2D eigenvalue weighted by Gasteiger charge is 2.31. The Morgan fingerprint density at radius 2 is 1.37 bits per heavy atom. The number of benzene rings is 2. The maximum Gasteiger partial charge on any atom is 0.163 e. The molecule has 0 spiro atoms. The van der Waals surface area contributed by atoms with Crippen molar-refractivity contribution in [1.29, 1.82) is 0 Å². The van der Waals surface area contributed by atoms with Gasteiger partial charge in [0, 0.05) is 0 Å². The van der Waals surface area contributed by atoms with Crippen LogP contribution in [0.3, 0.4) is 0 Å². The Kier molecular flexibility index (Phi) is 9.10. The third-order valence-corrected chi connectivity index (χ3v) is 7.43. The van der Waals surface area contributed by atoms with E-state index >= 15 is 0 Å². The number of rotatable bonds is 13. The van der Waals surface area contributed by atoms with Crippen LogP contribution in [0.5, 0.6) is 0 Å². The molecule has 0 saturated heterocycles. The fraction of sp³-hybridized carbons (Fsp3) is 0.500. The summed E-state index contributed by atoms with van der Waals surface area (Å²) in [6.45, 7) is 2.28. The van der Waals surface area contributed by atoms with E-state index in [0.29, 0.717) is 0 Å². The van der Waals surface area contributed by atoms with Crippen molar-refractivity contribution in [1.82, 2.24) is 4.57 Å². The monoisotopic (exact) mass is 440 g/mol. The van der Waals surface area contributed by atoms with Crippen LogP contribution >= 0.6 is 23.6 Å². The van der Waals surface area contributed by atoms with Crippen molar-refractivity contribution in [3.63, 3.8) is 0 Å². The van der Waals surface area contributed by atoms with Gasteiger partial charge in [0.15, 0.2) is 3.95 Å². The van der Waals surface area contributed by atoms with E-state index in [1.807, 2.05) is 0 Å². The van der Waals surface area contributed by atoms with Crippen LogP contribution in [0.15, 0.2) is 54.6 Å². The number of nitrogens with two attached hydrogens (primary N) is 1. The number of para-hydroxylation sites is 1. The van der Waals surface area contributed by atoms with Gasteiger partial charge in [-0.1, -0.05) is 107 Å². The van der Waals surface area contributed by atoms with Gasteiger partial charge in [-0.25, -0.2) is 0 Å². The normalized spacial score (nSPS) is 13.5. The van der Waals surface area contributed by atoms with E-state index in [4.69, 9.17) is 18.0 Å². The van der Waals surface area contributed by atoms with Crippen molar-refractivity contribution in [2.45, 2.75) is 83.2 Å². The van der Waals surface area contributed by atoms with Gasteiger partial charge >= 0.3 is 0 Å². The van der Waals surface area contributed by atoms with Crippen molar-refractivity contribution in [3.05, 3.63) is 64.1 Å². The van der Waals surface area contributed by atoms with Crippen LogP contribution in [0.1, 0.15) is 83.1 Å². The van der Waals surface area contributed by atoms with Gasteiger partial charge in [0.1, 0.15) is 5.66 Å². The average molecular weight is 441 g/mol. The van der Waals surface area contributed by atoms with Gasteiger partial charge in [-0.2, -0.15) is 0 Å². The second-order valence-electron chi connectivity index (χ2n) is 8.39. The van der Waals surface area contributed by atoms with Crippen LogP contribution < -0.4 is 5.73 Å². The molecule has 162 valence electrons. The summed E-state index contributed by atoms with van der Waals surface area (Å²) in [5.74, 6) is 0. The van der Waals surface area contributed by atoms with Gasteiger partial charge in [-0.05, 0) is 42.8 Å². The van der Waals surface area contributed by atoms with Crippen LogP contribution in [0.4, 0.5) is 0 Å². The zero-order chi connectivity index (χ0) is 21.2. The molecule has 0 fully saturated rings. The Bertz CT molecular complexity index is 944. The standard InChI is InChI=1S/C26H36N2S2/c1-2-3-4-5-6-7-8-9-10-16-21-26(27,22-17-12-11-13-18-22)28-23-19-14-15-20-24(23)30-25(28)29/h11-15,17-20H,2-10,16,21,27H2,1H3. The SMILES string of the molecule is CCCCCCCCCCCCC(N)(c1ccccc1)n1c(=S)sc2ccccc21. The lowest BCUT2D eigenvalue weighted by Gasteiger charge is -2.33. The largest absolute Gasteiger partial charge is 0.304 e. The fourth-order valence-corrected chi connectivity index (χ4v) is 5.82. The highest BCUT2D eigenvalue weighted by molar-refractivity contribution is 7.73. The molecule has 3 rings (SSSR count). The maximum absolute atomic E-state index is 7.16. The third-order valence-electron chi connectivity index (χ3n) is 6.07. The van der Waals surface area contributed by atoms with Gasteiger partial charge in [0.25, 0.3) is 0 Å². The molecule has 0 bridgehead atoms. The molecule has 0 aliphatic heterocycles. The number of unbranched alkanes of at least 4 members (excludes halogenated alkanes) is 9. The molecule has 4 heteroatoms. The summed E-state index contributed by atoms with van der Waals surface area (Å²) in [6.07, 6.45) is 14.2. The fourth-order valence-electron chi connectivity index (χ4n) is 4.34. The minimum atomic E-state index is -0.599. The zero-order valence-electron chi connectivity index (χ0n) is 18.3. The highest BCUT2D eigenvalue weighted by Crippen LogP contribution is 2.34. The summed E-state index contributed by atoms with van der Waals surface area (Å²) in [7, 11) is 0. The zero-order valence-corrected chi connectivity index (χ0v) is 19.9. The van der Waals surface area contributed by atoms with E-state index < -0.39 is 5.66 Å². The van der Waals surface area contributed by atoms with Crippen molar-refractivity contribution in [2.75, 3.05) is 0 Å². The van der Waals surface area contributed by atoms with Crippen molar-refractivity contribution >= 4 is 33.8 Å². The summed E-state index contributed by atoms with van der Waals surface area (Å²) in [4.78, 5) is 0. The predicted octanol–water partition coefficient (Wildman–Crippen LogP) is 8.40. The number of nitrogens with zero attached hydrogens (tertiary/aromatic N) is 1. The summed E-state index contributed by atoms with van der Waals surface area (Å²) >= 11 is 7.44. The van der Waals surface area contributed by atoms with E-state index in [1.54, 1.807) is 11.3 Å². The molecule has 1 unspecified atom stereocenters. The number of hydrogen-bond acceptors (Lipinski definition) is 3. The molecule has 0 aliphatic rings. The van der Waals surface area contributed by atoms with Crippen LogP contribution in [0.25, 0.3) is 10.2 Å². The molecule has 2 aromatic carbocycles. The lowest BCUT2D eigenvalue weighted by Crippen LogP contribution is -2.44. The van der Waals surface area contributed by atoms with Gasteiger partial charge in [-0.3, -0.25) is 4.57 Å². The van der Waals surface area contributed by atoms with Crippen molar-refractivity contribution < 1.29 is 0 Å². The van der Waals surface area contributed by atoms with Gasteiger partial charge in [0.2, 0.25) is 0 Å². The first kappa shape index (κ1) is 23.2. The Balaban J connectivity index is 1.65. The van der Waals surface area contributed by atoms with Crippen LogP contribution in [0, 0.1) is 3.95 Å². The Labute approximate surface area is 191 Å². The smallest absolute Gasteiger partial charge is 0.163 e. The molecule has 0 saturated carbocycles. The first-order valence-corrected chi connectivity index (χ1v) is 12.8. The second kappa shape index (κ2) is 11.8. The van der Waals surface area contributed by atoms with Gasteiger partial charge in [0.05, 0.1) is 10.2 Å². The molecule has 2 nitrogen and oxygen atoms in total. The topological polar surface area (TPSA) is 30.9 Å².